The summed E-state index contributed by atoms with van der Waals surface area (Å²) in [5.74, 6) is 0. The second-order valence-corrected chi connectivity index (χ2v) is 7.91. The topological polar surface area (TPSA) is 100 Å². The van der Waals surface area contributed by atoms with E-state index in [9.17, 15) is 8.42 Å². The van der Waals surface area contributed by atoms with E-state index in [1.165, 1.54) is 28.6 Å². The van der Waals surface area contributed by atoms with Gasteiger partial charge in [-0.05, 0) is 54.1 Å². The first-order valence-electron chi connectivity index (χ1n) is 8.24. The molecular weight excluding hydrogens is 360 g/mol. The third-order valence-electron chi connectivity index (χ3n) is 4.02. The summed E-state index contributed by atoms with van der Waals surface area (Å²) in [5, 5.41) is 8.92. The average molecular weight is 378 g/mol. The lowest BCUT2D eigenvalue weighted by molar-refractivity contribution is 0.397. The predicted octanol–water partition coefficient (Wildman–Crippen LogP) is 2.93. The molecule has 1 aromatic heterocycles. The lowest BCUT2D eigenvalue weighted by Gasteiger charge is -2.22. The Bertz CT molecular complexity index is 1040. The fourth-order valence-corrected chi connectivity index (χ4v) is 3.97. The molecule has 0 atom stereocenters. The van der Waals surface area contributed by atoms with Gasteiger partial charge >= 0.3 is 0 Å². The van der Waals surface area contributed by atoms with Gasteiger partial charge in [-0.1, -0.05) is 18.2 Å². The largest absolute Gasteiger partial charge is 0.399 e. The molecule has 2 N–H and O–H groups in total. The van der Waals surface area contributed by atoms with Crippen LogP contribution in [0.5, 0.6) is 0 Å². The van der Waals surface area contributed by atoms with Gasteiger partial charge < -0.3 is 5.73 Å². The molecule has 0 saturated carbocycles. The van der Waals surface area contributed by atoms with Crippen LogP contribution < -0.4 is 5.73 Å². The van der Waals surface area contributed by atoms with Crippen molar-refractivity contribution in [3.05, 3.63) is 89.7 Å². The van der Waals surface area contributed by atoms with Crippen molar-refractivity contribution in [2.24, 2.45) is 0 Å². The maximum atomic E-state index is 13.2. The van der Waals surface area contributed by atoms with Crippen LogP contribution in [0.3, 0.4) is 0 Å². The fraction of sp³-hybridized carbons (Fsp3) is 0.100. The van der Waals surface area contributed by atoms with Crippen molar-refractivity contribution < 1.29 is 8.42 Å². The number of aromatic nitrogens is 1. The van der Waals surface area contributed by atoms with E-state index in [1.54, 1.807) is 42.6 Å². The van der Waals surface area contributed by atoms with Gasteiger partial charge in [-0.15, -0.1) is 0 Å². The Hall–Kier alpha value is -3.21. The number of benzene rings is 2. The van der Waals surface area contributed by atoms with Crippen LogP contribution in [0, 0.1) is 11.3 Å². The number of hydrogen-bond donors (Lipinski definition) is 1. The lowest BCUT2D eigenvalue weighted by Crippen LogP contribution is -2.30. The number of hydrogen-bond acceptors (Lipinski definition) is 5. The molecule has 0 saturated heterocycles. The summed E-state index contributed by atoms with van der Waals surface area (Å²) in [6.07, 6.45) is 1.63. The first kappa shape index (κ1) is 18.6. The zero-order chi connectivity index (χ0) is 19.3. The quantitative estimate of drug-likeness (QED) is 0.665. The lowest BCUT2D eigenvalue weighted by atomic mass is 10.2. The van der Waals surface area contributed by atoms with Crippen LogP contribution in [-0.4, -0.2) is 17.7 Å². The van der Waals surface area contributed by atoms with E-state index in [1.807, 2.05) is 12.1 Å². The molecule has 0 aliphatic rings. The van der Waals surface area contributed by atoms with Crippen LogP contribution in [-0.2, 0) is 23.1 Å². The predicted molar refractivity (Wildman–Crippen MR) is 103 cm³/mol. The second kappa shape index (κ2) is 7.99. The SMILES string of the molecule is N#Cc1ccc(S(=O)(=O)N(Cc2ccc(N)cc2)Cc2ccccn2)cc1. The molecule has 0 bridgehead atoms. The first-order chi connectivity index (χ1) is 13.0. The Labute approximate surface area is 158 Å². The number of nitrogen functional groups attached to an aromatic ring is 1. The smallest absolute Gasteiger partial charge is 0.243 e. The van der Waals surface area contributed by atoms with Gasteiger partial charge in [0, 0.05) is 18.4 Å². The Morgan fingerprint density at radius 3 is 2.26 bits per heavy atom. The molecule has 7 heteroatoms. The highest BCUT2D eigenvalue weighted by Crippen LogP contribution is 2.21. The fourth-order valence-electron chi connectivity index (χ4n) is 2.58. The normalized spacial score (nSPS) is 11.3. The van der Waals surface area contributed by atoms with E-state index in [4.69, 9.17) is 11.0 Å². The minimum absolute atomic E-state index is 0.132. The molecular formula is C20H18N4O2S. The number of anilines is 1. The number of rotatable bonds is 6. The van der Waals surface area contributed by atoms with Crippen molar-refractivity contribution in [3.63, 3.8) is 0 Å². The second-order valence-electron chi connectivity index (χ2n) is 5.97. The van der Waals surface area contributed by atoms with Crippen LogP contribution >= 0.6 is 0 Å². The standard InChI is InChI=1S/C20H18N4O2S/c21-13-16-6-10-20(11-7-16)27(25,26)24(15-19-3-1-2-12-23-19)14-17-4-8-18(22)9-5-17/h1-12H,14-15,22H2. The minimum atomic E-state index is -3.78. The summed E-state index contributed by atoms with van der Waals surface area (Å²) < 4.78 is 27.8. The summed E-state index contributed by atoms with van der Waals surface area (Å²) in [5.41, 5.74) is 8.20. The molecule has 0 aliphatic carbocycles. The maximum absolute atomic E-state index is 13.2. The monoisotopic (exact) mass is 378 g/mol. The van der Waals surface area contributed by atoms with Crippen molar-refractivity contribution in [2.45, 2.75) is 18.0 Å². The van der Waals surface area contributed by atoms with Gasteiger partial charge in [0.1, 0.15) is 0 Å². The Morgan fingerprint density at radius 1 is 0.963 bits per heavy atom. The van der Waals surface area contributed by atoms with Gasteiger partial charge in [0.25, 0.3) is 0 Å². The number of nitrogens with zero attached hydrogens (tertiary/aromatic N) is 3. The zero-order valence-corrected chi connectivity index (χ0v) is 15.3. The molecule has 3 rings (SSSR count). The average Bonchev–Trinajstić information content (AvgIpc) is 2.70. The van der Waals surface area contributed by atoms with E-state index in [-0.39, 0.29) is 18.0 Å². The molecule has 3 aromatic rings. The van der Waals surface area contributed by atoms with Crippen LogP contribution in [0.4, 0.5) is 5.69 Å². The molecule has 0 aliphatic heterocycles. The van der Waals surface area contributed by atoms with Crippen molar-refractivity contribution in [1.82, 2.24) is 9.29 Å². The van der Waals surface area contributed by atoms with E-state index >= 15 is 0 Å². The molecule has 2 aromatic carbocycles. The molecule has 136 valence electrons. The van der Waals surface area contributed by atoms with Crippen molar-refractivity contribution in [1.29, 1.82) is 5.26 Å². The van der Waals surface area contributed by atoms with Gasteiger partial charge in [0.05, 0.1) is 28.8 Å². The summed E-state index contributed by atoms with van der Waals surface area (Å²) in [6.45, 7) is 0.312. The van der Waals surface area contributed by atoms with E-state index in [2.05, 4.69) is 4.98 Å². The molecule has 0 radical (unpaired) electrons. The molecule has 0 fully saturated rings. The van der Waals surface area contributed by atoms with Crippen molar-refractivity contribution >= 4 is 15.7 Å². The van der Waals surface area contributed by atoms with Crippen molar-refractivity contribution in [2.75, 3.05) is 5.73 Å². The van der Waals surface area contributed by atoms with Gasteiger partial charge in [-0.25, -0.2) is 8.42 Å². The van der Waals surface area contributed by atoms with E-state index in [0.717, 1.165) is 5.56 Å². The molecule has 27 heavy (non-hydrogen) atoms. The van der Waals surface area contributed by atoms with Gasteiger partial charge in [0.2, 0.25) is 10.0 Å². The number of nitriles is 1. The summed E-state index contributed by atoms with van der Waals surface area (Å²) in [6, 6.07) is 20.3. The third kappa shape index (κ3) is 4.50. The highest BCUT2D eigenvalue weighted by Gasteiger charge is 2.25. The highest BCUT2D eigenvalue weighted by atomic mass is 32.2. The molecule has 0 unspecified atom stereocenters. The van der Waals surface area contributed by atoms with Crippen LogP contribution in [0.1, 0.15) is 16.8 Å². The summed E-state index contributed by atoms with van der Waals surface area (Å²) >= 11 is 0. The number of nitrogens with two attached hydrogens (primary N) is 1. The van der Waals surface area contributed by atoms with Gasteiger partial charge in [0.15, 0.2) is 0 Å². The zero-order valence-electron chi connectivity index (χ0n) is 14.5. The van der Waals surface area contributed by atoms with E-state index in [0.29, 0.717) is 16.9 Å². The number of pyridine rings is 1. The maximum Gasteiger partial charge on any atom is 0.243 e. The summed E-state index contributed by atoms with van der Waals surface area (Å²) in [7, 11) is -3.78. The summed E-state index contributed by atoms with van der Waals surface area (Å²) in [4.78, 5) is 4.37. The molecule has 1 heterocycles. The third-order valence-corrected chi connectivity index (χ3v) is 5.83. The Balaban J connectivity index is 1.96. The Kier molecular flexibility index (Phi) is 5.50. The van der Waals surface area contributed by atoms with Gasteiger partial charge in [-0.3, -0.25) is 4.98 Å². The Morgan fingerprint density at radius 2 is 1.67 bits per heavy atom. The molecule has 0 spiro atoms. The number of sulfonamides is 1. The van der Waals surface area contributed by atoms with Crippen LogP contribution in [0.25, 0.3) is 0 Å². The molecule has 0 amide bonds. The highest BCUT2D eigenvalue weighted by molar-refractivity contribution is 7.89. The minimum Gasteiger partial charge on any atom is -0.399 e. The van der Waals surface area contributed by atoms with E-state index < -0.39 is 10.0 Å². The molecule has 6 nitrogen and oxygen atoms in total. The van der Waals surface area contributed by atoms with Gasteiger partial charge in [-0.2, -0.15) is 9.57 Å². The van der Waals surface area contributed by atoms with Crippen LogP contribution in [0.2, 0.25) is 0 Å². The van der Waals surface area contributed by atoms with Crippen molar-refractivity contribution in [3.8, 4) is 6.07 Å². The van der Waals surface area contributed by atoms with Crippen LogP contribution in [0.15, 0.2) is 77.8 Å². The first-order valence-corrected chi connectivity index (χ1v) is 9.68.